The predicted molar refractivity (Wildman–Crippen MR) is 85.3 cm³/mol. The zero-order valence-corrected chi connectivity index (χ0v) is 12.9. The zero-order valence-electron chi connectivity index (χ0n) is 12.9. The summed E-state index contributed by atoms with van der Waals surface area (Å²) in [6.45, 7) is 8.41. The van der Waals surface area contributed by atoms with E-state index in [4.69, 9.17) is 5.73 Å². The van der Waals surface area contributed by atoms with Crippen molar-refractivity contribution in [2.75, 3.05) is 18.0 Å². The molecule has 21 heavy (non-hydrogen) atoms. The van der Waals surface area contributed by atoms with E-state index < -0.39 is 0 Å². The minimum Gasteiger partial charge on any atom is -0.338 e. The summed E-state index contributed by atoms with van der Waals surface area (Å²) in [5.41, 5.74) is 8.47. The number of H-pyrrole nitrogens is 1. The standard InChI is InChI=1S/C16H23N5/c1-16(2,3)12-6-4-11(5-7-12)14-18-15(20-19-14)21-9-8-13(17)10-21/h4-7,13H,8-10,17H2,1-3H3,(H,18,19,20). The molecule has 2 heterocycles. The number of aromatic amines is 1. The molecule has 1 fully saturated rings. The van der Waals surface area contributed by atoms with Gasteiger partial charge in [0.05, 0.1) is 0 Å². The van der Waals surface area contributed by atoms with Crippen molar-refractivity contribution in [1.82, 2.24) is 15.2 Å². The van der Waals surface area contributed by atoms with Gasteiger partial charge in [0, 0.05) is 24.7 Å². The summed E-state index contributed by atoms with van der Waals surface area (Å²) in [6.07, 6.45) is 1.00. The maximum atomic E-state index is 5.93. The number of aromatic nitrogens is 3. The summed E-state index contributed by atoms with van der Waals surface area (Å²) in [6, 6.07) is 8.74. The summed E-state index contributed by atoms with van der Waals surface area (Å²) < 4.78 is 0. The fraction of sp³-hybridized carbons (Fsp3) is 0.500. The first-order valence-electron chi connectivity index (χ1n) is 7.47. The fourth-order valence-corrected chi connectivity index (χ4v) is 2.62. The van der Waals surface area contributed by atoms with Gasteiger partial charge in [0.2, 0.25) is 5.95 Å². The van der Waals surface area contributed by atoms with Crippen molar-refractivity contribution >= 4 is 5.95 Å². The number of anilines is 1. The minimum absolute atomic E-state index is 0.163. The molecular formula is C16H23N5. The molecule has 1 aromatic carbocycles. The molecule has 0 aliphatic carbocycles. The molecule has 1 unspecified atom stereocenters. The van der Waals surface area contributed by atoms with Gasteiger partial charge in [0.15, 0.2) is 5.82 Å². The largest absolute Gasteiger partial charge is 0.338 e. The summed E-state index contributed by atoms with van der Waals surface area (Å²) in [4.78, 5) is 6.73. The second-order valence-electron chi connectivity index (χ2n) is 6.81. The molecule has 5 nitrogen and oxygen atoms in total. The maximum Gasteiger partial charge on any atom is 0.245 e. The quantitative estimate of drug-likeness (QED) is 0.888. The SMILES string of the molecule is CC(C)(C)c1ccc(-c2nc(N3CCC(N)C3)n[nH]2)cc1. The van der Waals surface area contributed by atoms with Gasteiger partial charge in [-0.25, -0.2) is 0 Å². The van der Waals surface area contributed by atoms with E-state index in [-0.39, 0.29) is 11.5 Å². The fourth-order valence-electron chi connectivity index (χ4n) is 2.62. The Bertz CT molecular complexity index is 608. The Morgan fingerprint density at radius 2 is 1.95 bits per heavy atom. The molecule has 112 valence electrons. The van der Waals surface area contributed by atoms with Crippen LogP contribution < -0.4 is 10.6 Å². The number of nitrogens with two attached hydrogens (primary N) is 1. The molecule has 3 N–H and O–H groups in total. The number of rotatable bonds is 2. The number of benzene rings is 1. The van der Waals surface area contributed by atoms with Crippen LogP contribution in [0.5, 0.6) is 0 Å². The van der Waals surface area contributed by atoms with Crippen LogP contribution in [0.4, 0.5) is 5.95 Å². The van der Waals surface area contributed by atoms with Crippen molar-refractivity contribution in [2.45, 2.75) is 38.6 Å². The van der Waals surface area contributed by atoms with Crippen molar-refractivity contribution in [2.24, 2.45) is 5.73 Å². The summed E-state index contributed by atoms with van der Waals surface area (Å²) in [5, 5.41) is 7.34. The number of nitrogens with zero attached hydrogens (tertiary/aromatic N) is 3. The highest BCUT2D eigenvalue weighted by Crippen LogP contribution is 2.25. The van der Waals surface area contributed by atoms with E-state index >= 15 is 0 Å². The number of hydrogen-bond acceptors (Lipinski definition) is 4. The molecule has 0 amide bonds. The lowest BCUT2D eigenvalue weighted by atomic mass is 9.87. The van der Waals surface area contributed by atoms with E-state index in [1.54, 1.807) is 0 Å². The smallest absolute Gasteiger partial charge is 0.245 e. The molecular weight excluding hydrogens is 262 g/mol. The summed E-state index contributed by atoms with van der Waals surface area (Å²) >= 11 is 0. The van der Waals surface area contributed by atoms with Crippen LogP contribution in [0.15, 0.2) is 24.3 Å². The van der Waals surface area contributed by atoms with Crippen molar-refractivity contribution in [1.29, 1.82) is 0 Å². The van der Waals surface area contributed by atoms with Crippen LogP contribution in [-0.2, 0) is 5.41 Å². The first-order valence-corrected chi connectivity index (χ1v) is 7.47. The van der Waals surface area contributed by atoms with Crippen molar-refractivity contribution in [3.63, 3.8) is 0 Å². The highest BCUT2D eigenvalue weighted by atomic mass is 15.4. The first-order chi connectivity index (χ1) is 9.93. The third kappa shape index (κ3) is 2.93. The lowest BCUT2D eigenvalue weighted by Crippen LogP contribution is -2.26. The summed E-state index contributed by atoms with van der Waals surface area (Å²) in [7, 11) is 0. The average molecular weight is 285 g/mol. The lowest BCUT2D eigenvalue weighted by Gasteiger charge is -2.18. The lowest BCUT2D eigenvalue weighted by molar-refractivity contribution is 0.590. The van der Waals surface area contributed by atoms with Crippen molar-refractivity contribution in [3.05, 3.63) is 29.8 Å². The van der Waals surface area contributed by atoms with Gasteiger partial charge >= 0.3 is 0 Å². The molecule has 2 aromatic rings. The Hall–Kier alpha value is -1.88. The van der Waals surface area contributed by atoms with Crippen molar-refractivity contribution < 1.29 is 0 Å². The van der Waals surface area contributed by atoms with E-state index in [9.17, 15) is 0 Å². The molecule has 0 radical (unpaired) electrons. The molecule has 0 saturated carbocycles. The van der Waals surface area contributed by atoms with Crippen LogP contribution in [0.1, 0.15) is 32.8 Å². The van der Waals surface area contributed by atoms with Gasteiger partial charge in [-0.05, 0) is 17.4 Å². The molecule has 0 bridgehead atoms. The molecule has 1 aliphatic rings. The highest BCUT2D eigenvalue weighted by molar-refractivity contribution is 5.57. The van der Waals surface area contributed by atoms with Gasteiger partial charge in [-0.15, -0.1) is 5.10 Å². The van der Waals surface area contributed by atoms with E-state index in [1.165, 1.54) is 5.56 Å². The zero-order chi connectivity index (χ0) is 15.0. The Kier molecular flexibility index (Phi) is 3.45. The van der Waals surface area contributed by atoms with Crippen LogP contribution in [-0.4, -0.2) is 34.3 Å². The molecule has 1 aliphatic heterocycles. The molecule has 0 spiro atoms. The van der Waals surface area contributed by atoms with Gasteiger partial charge in [-0.1, -0.05) is 45.0 Å². The topological polar surface area (TPSA) is 70.8 Å². The monoisotopic (exact) mass is 285 g/mol. The highest BCUT2D eigenvalue weighted by Gasteiger charge is 2.22. The van der Waals surface area contributed by atoms with Crippen LogP contribution in [0.25, 0.3) is 11.4 Å². The predicted octanol–water partition coefficient (Wildman–Crippen LogP) is 2.31. The van der Waals surface area contributed by atoms with Gasteiger partial charge < -0.3 is 10.6 Å². The minimum atomic E-state index is 0.163. The Labute approximate surface area is 125 Å². The molecule has 3 rings (SSSR count). The molecule has 1 saturated heterocycles. The van der Waals surface area contributed by atoms with Crippen LogP contribution in [0, 0.1) is 0 Å². The van der Waals surface area contributed by atoms with Gasteiger partial charge in [-0.3, -0.25) is 5.10 Å². The Morgan fingerprint density at radius 1 is 1.24 bits per heavy atom. The van der Waals surface area contributed by atoms with Gasteiger partial charge in [0.1, 0.15) is 0 Å². The number of hydrogen-bond donors (Lipinski definition) is 2. The van der Waals surface area contributed by atoms with Crippen LogP contribution in [0.3, 0.4) is 0 Å². The van der Waals surface area contributed by atoms with E-state index in [0.29, 0.717) is 0 Å². The van der Waals surface area contributed by atoms with Gasteiger partial charge in [0.25, 0.3) is 0 Å². The van der Waals surface area contributed by atoms with Crippen LogP contribution >= 0.6 is 0 Å². The normalized spacial score (nSPS) is 19.2. The Balaban J connectivity index is 1.80. The third-order valence-corrected chi connectivity index (χ3v) is 4.01. The van der Waals surface area contributed by atoms with E-state index in [0.717, 1.165) is 36.8 Å². The van der Waals surface area contributed by atoms with E-state index in [1.807, 2.05) is 0 Å². The number of nitrogens with one attached hydrogen (secondary N) is 1. The second-order valence-corrected chi connectivity index (χ2v) is 6.81. The summed E-state index contributed by atoms with van der Waals surface area (Å²) in [5.74, 6) is 1.56. The first kappa shape index (κ1) is 14.1. The van der Waals surface area contributed by atoms with Crippen LogP contribution in [0.2, 0.25) is 0 Å². The Morgan fingerprint density at radius 3 is 2.52 bits per heavy atom. The van der Waals surface area contributed by atoms with E-state index in [2.05, 4.69) is 65.1 Å². The molecule has 5 heteroatoms. The second kappa shape index (κ2) is 5.15. The van der Waals surface area contributed by atoms with Crippen molar-refractivity contribution in [3.8, 4) is 11.4 Å². The average Bonchev–Trinajstić information content (AvgIpc) is 3.06. The maximum absolute atomic E-state index is 5.93. The third-order valence-electron chi connectivity index (χ3n) is 4.01. The molecule has 1 atom stereocenters. The van der Waals surface area contributed by atoms with Gasteiger partial charge in [-0.2, -0.15) is 4.98 Å². The molecule has 1 aromatic heterocycles.